The second-order valence-corrected chi connectivity index (χ2v) is 15.7. The van der Waals surface area contributed by atoms with Crippen LogP contribution in [0.15, 0.2) is 60.8 Å². The number of carbonyl (C=O) groups excluding carboxylic acids is 3. The zero-order chi connectivity index (χ0) is 37.9. The summed E-state index contributed by atoms with van der Waals surface area (Å²) in [5.74, 6) is 1.67. The lowest BCUT2D eigenvalue weighted by Crippen LogP contribution is -2.49. The molecule has 4 amide bonds. The number of ether oxygens (including phenoxy) is 1. The number of urea groups is 1. The quantitative estimate of drug-likeness (QED) is 0.207. The average Bonchev–Trinajstić information content (AvgIpc) is 3.64. The number of likely N-dealkylation sites (tertiary alicyclic amines) is 1. The Morgan fingerprint density at radius 3 is 2.44 bits per heavy atom. The number of fused-ring (bicyclic) bond motifs is 1. The molecule has 1 saturated carbocycles. The molecule has 0 spiro atoms. The molecular formula is C41H46ClN9O4. The number of hydrogen-bond acceptors (Lipinski definition) is 9. The third-order valence-corrected chi connectivity index (χ3v) is 12.1. The van der Waals surface area contributed by atoms with E-state index in [4.69, 9.17) is 21.6 Å². The molecule has 5 heterocycles. The summed E-state index contributed by atoms with van der Waals surface area (Å²) >= 11 is 6.15. The van der Waals surface area contributed by atoms with Gasteiger partial charge in [0.25, 0.3) is 5.91 Å². The summed E-state index contributed by atoms with van der Waals surface area (Å²) in [6.07, 6.45) is 10.1. The maximum Gasteiger partial charge on any atom is 0.328 e. The van der Waals surface area contributed by atoms with Crippen molar-refractivity contribution in [3.05, 3.63) is 77.1 Å². The monoisotopic (exact) mass is 763 g/mol. The summed E-state index contributed by atoms with van der Waals surface area (Å²) in [6, 6.07) is 19.2. The van der Waals surface area contributed by atoms with Gasteiger partial charge in [0.15, 0.2) is 11.5 Å². The van der Waals surface area contributed by atoms with Gasteiger partial charge in [-0.1, -0.05) is 17.7 Å². The van der Waals surface area contributed by atoms with Crippen LogP contribution in [-0.4, -0.2) is 88.9 Å². The number of halogens is 1. The summed E-state index contributed by atoms with van der Waals surface area (Å²) in [4.78, 5) is 43.8. The minimum absolute atomic E-state index is 0.0351. The number of amides is 4. The van der Waals surface area contributed by atoms with E-state index in [2.05, 4.69) is 59.6 Å². The van der Waals surface area contributed by atoms with E-state index in [0.29, 0.717) is 47.0 Å². The first-order chi connectivity index (χ1) is 26.8. The van der Waals surface area contributed by atoms with Gasteiger partial charge in [-0.3, -0.25) is 19.8 Å². The standard InChI is InChI=1S/C41H46ClN9O4/c42-34-24-32(7-4-28(34)25-43)55-31-8-5-29(6-9-31)44-40(53)35-10-11-38(47-46-35)49-20-12-27(13-21-49)26-48-18-14-30(15-19-48)50-22-16-33-36(50)2-1-3-37(33)51-23-17-39(52)45-41(51)54/h1-4,7,10-11,16,22,24,27,29-31H,5-6,8-9,12-15,17-21,23,26H2,(H,44,53)(H,45,52,54)/t29-,31-. The summed E-state index contributed by atoms with van der Waals surface area (Å²) in [7, 11) is 0. The van der Waals surface area contributed by atoms with Crippen molar-refractivity contribution in [2.24, 2.45) is 5.92 Å². The van der Waals surface area contributed by atoms with E-state index in [0.717, 1.165) is 106 Å². The van der Waals surface area contributed by atoms with Crippen LogP contribution in [0.2, 0.25) is 5.02 Å². The summed E-state index contributed by atoms with van der Waals surface area (Å²) in [5, 5.41) is 24.8. The highest BCUT2D eigenvalue weighted by Crippen LogP contribution is 2.34. The summed E-state index contributed by atoms with van der Waals surface area (Å²) < 4.78 is 8.46. The van der Waals surface area contributed by atoms with Gasteiger partial charge < -0.3 is 24.4 Å². The topological polar surface area (TPSA) is 149 Å². The van der Waals surface area contributed by atoms with E-state index in [9.17, 15) is 14.4 Å². The van der Waals surface area contributed by atoms with E-state index < -0.39 is 0 Å². The van der Waals surface area contributed by atoms with Gasteiger partial charge in [0, 0.05) is 75.4 Å². The molecule has 286 valence electrons. The number of carbonyl (C=O) groups is 3. The Morgan fingerprint density at radius 1 is 0.927 bits per heavy atom. The highest BCUT2D eigenvalue weighted by Gasteiger charge is 2.30. The van der Waals surface area contributed by atoms with Gasteiger partial charge in [-0.25, -0.2) is 4.79 Å². The molecule has 14 heteroatoms. The van der Waals surface area contributed by atoms with Crippen molar-refractivity contribution in [1.29, 1.82) is 5.26 Å². The molecule has 55 heavy (non-hydrogen) atoms. The van der Waals surface area contributed by atoms with Crippen LogP contribution in [0.1, 0.15) is 79.9 Å². The maximum absolute atomic E-state index is 13.0. The molecular weight excluding hydrogens is 718 g/mol. The molecule has 8 rings (SSSR count). The Morgan fingerprint density at radius 2 is 1.73 bits per heavy atom. The van der Waals surface area contributed by atoms with E-state index in [-0.39, 0.29) is 30.0 Å². The van der Waals surface area contributed by atoms with Crippen molar-refractivity contribution >= 4 is 51.9 Å². The molecule has 2 aromatic carbocycles. The van der Waals surface area contributed by atoms with Crippen LogP contribution in [0.3, 0.4) is 0 Å². The SMILES string of the molecule is N#Cc1ccc(O[C@H]2CC[C@H](NC(=O)c3ccc(N4CCC(CN5CCC(n6ccc7c(N8CCC(=O)NC8=O)cccc76)CC5)CC4)nn3)CC2)cc1Cl. The van der Waals surface area contributed by atoms with Gasteiger partial charge in [-0.15, -0.1) is 10.2 Å². The molecule has 4 aromatic rings. The van der Waals surface area contributed by atoms with Gasteiger partial charge in [0.2, 0.25) is 5.91 Å². The summed E-state index contributed by atoms with van der Waals surface area (Å²) in [6.45, 7) is 5.44. The molecule has 2 aromatic heterocycles. The number of piperidine rings is 2. The number of benzene rings is 2. The van der Waals surface area contributed by atoms with E-state index >= 15 is 0 Å². The van der Waals surface area contributed by atoms with Gasteiger partial charge in [0.1, 0.15) is 11.8 Å². The van der Waals surface area contributed by atoms with Crippen molar-refractivity contribution in [2.75, 3.05) is 49.1 Å². The zero-order valence-electron chi connectivity index (χ0n) is 30.8. The largest absolute Gasteiger partial charge is 0.490 e. The molecule has 0 bridgehead atoms. The number of nitrogens with one attached hydrogen (secondary N) is 2. The van der Waals surface area contributed by atoms with Gasteiger partial charge in [-0.2, -0.15) is 5.26 Å². The highest BCUT2D eigenvalue weighted by molar-refractivity contribution is 6.31. The van der Waals surface area contributed by atoms with Crippen LogP contribution in [0.5, 0.6) is 5.75 Å². The molecule has 0 unspecified atom stereocenters. The number of hydrogen-bond donors (Lipinski definition) is 2. The fourth-order valence-electron chi connectivity index (χ4n) is 8.66. The first kappa shape index (κ1) is 36.8. The molecule has 3 aliphatic heterocycles. The Kier molecular flexibility index (Phi) is 10.9. The maximum atomic E-state index is 13.0. The predicted molar refractivity (Wildman–Crippen MR) is 209 cm³/mol. The second kappa shape index (κ2) is 16.3. The van der Waals surface area contributed by atoms with Gasteiger partial charge >= 0.3 is 6.03 Å². The van der Waals surface area contributed by atoms with Gasteiger partial charge in [-0.05, 0) is 99.7 Å². The predicted octanol–water partition coefficient (Wildman–Crippen LogP) is 6.08. The molecule has 3 saturated heterocycles. The fourth-order valence-corrected chi connectivity index (χ4v) is 8.87. The Labute approximate surface area is 325 Å². The third-order valence-electron chi connectivity index (χ3n) is 11.7. The van der Waals surface area contributed by atoms with Crippen molar-refractivity contribution in [2.45, 2.75) is 76.0 Å². The van der Waals surface area contributed by atoms with E-state index in [1.54, 1.807) is 29.2 Å². The van der Waals surface area contributed by atoms with Crippen LogP contribution in [-0.2, 0) is 4.79 Å². The van der Waals surface area contributed by atoms with Crippen molar-refractivity contribution in [3.8, 4) is 11.8 Å². The zero-order valence-corrected chi connectivity index (χ0v) is 31.6. The molecule has 1 aliphatic carbocycles. The molecule has 4 fully saturated rings. The van der Waals surface area contributed by atoms with Crippen LogP contribution in [0.25, 0.3) is 10.9 Å². The molecule has 13 nitrogen and oxygen atoms in total. The van der Waals surface area contributed by atoms with Gasteiger partial charge in [0.05, 0.1) is 27.9 Å². The minimum atomic E-state index is -0.354. The first-order valence-corrected chi connectivity index (χ1v) is 19.9. The number of imide groups is 1. The molecule has 4 aliphatic rings. The number of rotatable bonds is 9. The van der Waals surface area contributed by atoms with E-state index in [1.165, 1.54) is 0 Å². The number of aromatic nitrogens is 3. The van der Waals surface area contributed by atoms with Crippen LogP contribution >= 0.6 is 11.6 Å². The van der Waals surface area contributed by atoms with Crippen LogP contribution in [0, 0.1) is 17.2 Å². The smallest absolute Gasteiger partial charge is 0.328 e. The number of nitriles is 1. The Balaban J connectivity index is 0.760. The molecule has 0 radical (unpaired) electrons. The normalized spacial score (nSPS) is 21.7. The second-order valence-electron chi connectivity index (χ2n) is 15.2. The van der Waals surface area contributed by atoms with Crippen LogP contribution in [0.4, 0.5) is 16.3 Å². The average molecular weight is 764 g/mol. The lowest BCUT2D eigenvalue weighted by atomic mass is 9.92. The minimum Gasteiger partial charge on any atom is -0.490 e. The molecule has 0 atom stereocenters. The van der Waals surface area contributed by atoms with Crippen LogP contribution < -0.4 is 25.2 Å². The Hall–Kier alpha value is -5.19. The third kappa shape index (κ3) is 8.26. The lowest BCUT2D eigenvalue weighted by molar-refractivity contribution is -0.120. The first-order valence-electron chi connectivity index (χ1n) is 19.5. The lowest BCUT2D eigenvalue weighted by Gasteiger charge is -2.38. The number of anilines is 2. The van der Waals surface area contributed by atoms with Crippen molar-refractivity contribution in [1.82, 2.24) is 30.3 Å². The molecule has 2 N–H and O–H groups in total. The number of nitrogens with zero attached hydrogens (tertiary/aromatic N) is 7. The van der Waals surface area contributed by atoms with Crippen molar-refractivity contribution in [3.63, 3.8) is 0 Å². The van der Waals surface area contributed by atoms with E-state index in [1.807, 2.05) is 18.2 Å². The Bertz CT molecular complexity index is 2080. The highest BCUT2D eigenvalue weighted by atomic mass is 35.5. The fraction of sp³-hybridized carbons (Fsp3) is 0.463. The summed E-state index contributed by atoms with van der Waals surface area (Å²) in [5.41, 5.74) is 2.73. The van der Waals surface area contributed by atoms with Crippen molar-refractivity contribution < 1.29 is 19.1 Å².